The van der Waals surface area contributed by atoms with Gasteiger partial charge in [-0.15, -0.1) is 10.2 Å². The molecule has 1 aliphatic heterocycles. The third-order valence-electron chi connectivity index (χ3n) is 7.73. The molecule has 9 heteroatoms. The average Bonchev–Trinajstić information content (AvgIpc) is 3.35. The number of fused-ring (bicyclic) bond motifs is 1. The predicted molar refractivity (Wildman–Crippen MR) is 128 cm³/mol. The summed E-state index contributed by atoms with van der Waals surface area (Å²) in [5.41, 5.74) is 1.93. The SMILES string of the molecule is CC1CC2NCN(c3cccc(-c4nncn4C(C)C)n3)C(=O)C2CC1n1cnc(C2CC2)c1. The van der Waals surface area contributed by atoms with Gasteiger partial charge in [-0.3, -0.25) is 15.0 Å². The molecule has 3 aromatic rings. The quantitative estimate of drug-likeness (QED) is 0.626. The molecule has 0 bridgehead atoms. The number of nitrogens with one attached hydrogen (secondary N) is 1. The van der Waals surface area contributed by atoms with Gasteiger partial charge in [0.2, 0.25) is 5.91 Å². The van der Waals surface area contributed by atoms with Crippen molar-refractivity contribution in [3.05, 3.63) is 42.7 Å². The Morgan fingerprint density at radius 1 is 1.15 bits per heavy atom. The van der Waals surface area contributed by atoms with Gasteiger partial charge in [-0.2, -0.15) is 0 Å². The molecule has 3 aliphatic rings. The Balaban J connectivity index is 1.24. The summed E-state index contributed by atoms with van der Waals surface area (Å²) in [6, 6.07) is 6.47. The monoisotopic (exact) mass is 460 g/mol. The normalized spacial score (nSPS) is 27.3. The second kappa shape index (κ2) is 8.30. The number of carbonyl (C=O) groups excluding carboxylic acids is 1. The molecule has 3 fully saturated rings. The van der Waals surface area contributed by atoms with Crippen molar-refractivity contribution in [3.8, 4) is 11.5 Å². The molecule has 9 nitrogen and oxygen atoms in total. The fourth-order valence-electron chi connectivity index (χ4n) is 5.60. The minimum absolute atomic E-state index is 0.0773. The molecular weight excluding hydrogens is 428 g/mol. The van der Waals surface area contributed by atoms with E-state index in [0.717, 1.165) is 18.5 Å². The first-order valence-electron chi connectivity index (χ1n) is 12.4. The summed E-state index contributed by atoms with van der Waals surface area (Å²) >= 11 is 0. The first kappa shape index (κ1) is 21.5. The highest BCUT2D eigenvalue weighted by molar-refractivity contribution is 5.95. The van der Waals surface area contributed by atoms with E-state index in [1.54, 1.807) is 11.2 Å². The van der Waals surface area contributed by atoms with Crippen molar-refractivity contribution in [1.82, 2.24) is 34.6 Å². The zero-order valence-electron chi connectivity index (χ0n) is 20.0. The number of imidazole rings is 1. The van der Waals surface area contributed by atoms with E-state index >= 15 is 0 Å². The maximum absolute atomic E-state index is 13.7. The van der Waals surface area contributed by atoms with Gasteiger partial charge in [-0.25, -0.2) is 9.97 Å². The Kier molecular flexibility index (Phi) is 5.24. The first-order valence-corrected chi connectivity index (χ1v) is 12.4. The molecule has 1 N–H and O–H groups in total. The van der Waals surface area contributed by atoms with Crippen LogP contribution in [0.2, 0.25) is 0 Å². The smallest absolute Gasteiger partial charge is 0.234 e. The fourth-order valence-corrected chi connectivity index (χ4v) is 5.60. The van der Waals surface area contributed by atoms with Crippen LogP contribution in [0, 0.1) is 11.8 Å². The first-order chi connectivity index (χ1) is 16.5. The van der Waals surface area contributed by atoms with Crippen molar-refractivity contribution >= 4 is 11.7 Å². The van der Waals surface area contributed by atoms with E-state index in [1.807, 2.05) is 29.1 Å². The Hall–Kier alpha value is -3.07. The molecule has 2 aliphatic carbocycles. The lowest BCUT2D eigenvalue weighted by molar-refractivity contribution is -0.127. The Labute approximate surface area is 199 Å². The van der Waals surface area contributed by atoms with Crippen LogP contribution < -0.4 is 10.2 Å². The van der Waals surface area contributed by atoms with Crippen molar-refractivity contribution in [3.63, 3.8) is 0 Å². The van der Waals surface area contributed by atoms with Crippen molar-refractivity contribution in [2.45, 2.75) is 70.5 Å². The summed E-state index contributed by atoms with van der Waals surface area (Å²) in [7, 11) is 0. The second-order valence-electron chi connectivity index (χ2n) is 10.4. The van der Waals surface area contributed by atoms with Crippen molar-refractivity contribution < 1.29 is 4.79 Å². The number of hydrogen-bond donors (Lipinski definition) is 1. The van der Waals surface area contributed by atoms with Gasteiger partial charge in [0.25, 0.3) is 0 Å². The van der Waals surface area contributed by atoms with Crippen LogP contribution in [-0.4, -0.2) is 47.9 Å². The van der Waals surface area contributed by atoms with Crippen LogP contribution in [0.5, 0.6) is 0 Å². The number of amides is 1. The van der Waals surface area contributed by atoms with Gasteiger partial charge in [-0.1, -0.05) is 13.0 Å². The van der Waals surface area contributed by atoms with E-state index in [0.29, 0.717) is 30.1 Å². The van der Waals surface area contributed by atoms with Crippen molar-refractivity contribution in [1.29, 1.82) is 0 Å². The van der Waals surface area contributed by atoms with Crippen LogP contribution in [0.3, 0.4) is 0 Å². The number of carbonyl (C=O) groups is 1. The Bertz CT molecular complexity index is 1200. The molecule has 0 aromatic carbocycles. The number of pyridine rings is 1. The van der Waals surface area contributed by atoms with Crippen LogP contribution in [-0.2, 0) is 4.79 Å². The van der Waals surface area contributed by atoms with Crippen molar-refractivity contribution in [2.24, 2.45) is 11.8 Å². The molecule has 4 atom stereocenters. The summed E-state index contributed by atoms with van der Waals surface area (Å²) in [6.45, 7) is 6.94. The number of rotatable bonds is 5. The molecule has 34 heavy (non-hydrogen) atoms. The summed E-state index contributed by atoms with van der Waals surface area (Å²) < 4.78 is 4.25. The van der Waals surface area contributed by atoms with Crippen LogP contribution >= 0.6 is 0 Å². The van der Waals surface area contributed by atoms with Gasteiger partial charge in [0.05, 0.1) is 24.6 Å². The third-order valence-corrected chi connectivity index (χ3v) is 7.73. The average molecular weight is 461 g/mol. The van der Waals surface area contributed by atoms with Gasteiger partial charge in [0, 0.05) is 30.2 Å². The van der Waals surface area contributed by atoms with Gasteiger partial charge < -0.3 is 9.13 Å². The van der Waals surface area contributed by atoms with Gasteiger partial charge in [-0.05, 0) is 57.6 Å². The fraction of sp³-hybridized carbons (Fsp3) is 0.560. The summed E-state index contributed by atoms with van der Waals surface area (Å²) in [6.07, 6.45) is 10.2. The molecule has 0 spiro atoms. The summed E-state index contributed by atoms with van der Waals surface area (Å²) in [5, 5.41) is 12.0. The number of hydrogen-bond acceptors (Lipinski definition) is 6. The van der Waals surface area contributed by atoms with Gasteiger partial charge in [0.1, 0.15) is 17.8 Å². The van der Waals surface area contributed by atoms with Crippen LogP contribution in [0.1, 0.15) is 70.2 Å². The molecule has 178 valence electrons. The summed E-state index contributed by atoms with van der Waals surface area (Å²) in [4.78, 5) is 25.0. The van der Waals surface area contributed by atoms with Crippen LogP contribution in [0.25, 0.3) is 11.5 Å². The molecule has 2 saturated carbocycles. The lowest BCUT2D eigenvalue weighted by Crippen LogP contribution is -2.60. The van der Waals surface area contributed by atoms with Gasteiger partial charge in [0.15, 0.2) is 5.82 Å². The number of anilines is 1. The molecule has 3 aromatic heterocycles. The van der Waals surface area contributed by atoms with E-state index in [-0.39, 0.29) is 30.0 Å². The van der Waals surface area contributed by atoms with Gasteiger partial charge >= 0.3 is 0 Å². The van der Waals surface area contributed by atoms with Crippen molar-refractivity contribution in [2.75, 3.05) is 11.6 Å². The highest BCUT2D eigenvalue weighted by Gasteiger charge is 2.44. The zero-order valence-corrected chi connectivity index (χ0v) is 20.0. The minimum Gasteiger partial charge on any atom is -0.334 e. The molecule has 4 heterocycles. The molecular formula is C25H32N8O. The van der Waals surface area contributed by atoms with E-state index in [1.165, 1.54) is 18.5 Å². The second-order valence-corrected chi connectivity index (χ2v) is 10.4. The third kappa shape index (κ3) is 3.72. The highest BCUT2D eigenvalue weighted by Crippen LogP contribution is 2.42. The maximum atomic E-state index is 13.7. The minimum atomic E-state index is -0.0773. The predicted octanol–water partition coefficient (Wildman–Crippen LogP) is 3.54. The Morgan fingerprint density at radius 3 is 2.79 bits per heavy atom. The van der Waals surface area contributed by atoms with Crippen LogP contribution in [0.15, 0.2) is 37.1 Å². The Morgan fingerprint density at radius 2 is 2.00 bits per heavy atom. The standard InChI is InChI=1S/C25H32N8O/c1-15(2)32-14-28-30-24(32)19-5-4-6-23(29-19)33-13-27-20-9-16(3)22(10-18(20)25(33)34)31-11-21(26-12-31)17-7-8-17/h4-6,11-12,14-18,20,22,27H,7-10,13H2,1-3H3. The largest absolute Gasteiger partial charge is 0.334 e. The maximum Gasteiger partial charge on any atom is 0.234 e. The van der Waals surface area contributed by atoms with E-state index in [9.17, 15) is 4.79 Å². The lowest BCUT2D eigenvalue weighted by atomic mass is 9.74. The lowest BCUT2D eigenvalue weighted by Gasteiger charge is -2.45. The molecule has 1 saturated heterocycles. The number of nitrogens with zero attached hydrogens (tertiary/aromatic N) is 7. The van der Waals surface area contributed by atoms with E-state index in [4.69, 9.17) is 4.98 Å². The van der Waals surface area contributed by atoms with E-state index < -0.39 is 0 Å². The van der Waals surface area contributed by atoms with E-state index in [2.05, 4.69) is 52.0 Å². The van der Waals surface area contributed by atoms with Crippen LogP contribution in [0.4, 0.5) is 5.82 Å². The molecule has 1 amide bonds. The summed E-state index contributed by atoms with van der Waals surface area (Å²) in [5.74, 6) is 2.56. The highest BCUT2D eigenvalue weighted by atomic mass is 16.2. The molecule has 6 rings (SSSR count). The molecule has 0 radical (unpaired) electrons. The number of aromatic nitrogens is 6. The topological polar surface area (TPSA) is 93.8 Å². The molecule has 4 unspecified atom stereocenters. The zero-order chi connectivity index (χ0) is 23.4.